The average Bonchev–Trinajstić information content (AvgIpc) is 2.98. The Morgan fingerprint density at radius 3 is 2.62 bits per heavy atom. The highest BCUT2D eigenvalue weighted by Gasteiger charge is 2.31. The molecule has 0 spiro atoms. The number of nitrogens with zero attached hydrogens (tertiary/aromatic N) is 3. The minimum Gasteiger partial charge on any atom is -0.488 e. The lowest BCUT2D eigenvalue weighted by Crippen LogP contribution is -2.47. The Labute approximate surface area is 244 Å². The van der Waals surface area contributed by atoms with Crippen LogP contribution in [0.4, 0.5) is 5.69 Å². The lowest BCUT2D eigenvalue weighted by Gasteiger charge is -2.34. The first-order chi connectivity index (χ1) is 19.1. The maximum atomic E-state index is 13.4. The molecule has 2 N–H and O–H groups in total. The second-order valence-corrected chi connectivity index (χ2v) is 11.2. The van der Waals surface area contributed by atoms with Gasteiger partial charge in [0.2, 0.25) is 5.91 Å². The SMILES string of the molecule is C[C@@H]1CN([C@@H](C)CO)C(=O)Cc2cc(NC(=O)c3ccncc3)ccc2O[C@H]1CN(C)Cc1ccc(Cl)c(Cl)c1. The zero-order valence-corrected chi connectivity index (χ0v) is 24.3. The molecule has 2 heterocycles. The number of anilines is 1. The van der Waals surface area contributed by atoms with Crippen molar-refractivity contribution in [2.24, 2.45) is 5.92 Å². The van der Waals surface area contributed by atoms with Crippen LogP contribution in [-0.4, -0.2) is 70.6 Å². The summed E-state index contributed by atoms with van der Waals surface area (Å²) in [6.07, 6.45) is 2.94. The van der Waals surface area contributed by atoms with Gasteiger partial charge in [0, 0.05) is 54.8 Å². The smallest absolute Gasteiger partial charge is 0.255 e. The highest BCUT2D eigenvalue weighted by atomic mass is 35.5. The number of halogens is 2. The lowest BCUT2D eigenvalue weighted by molar-refractivity contribution is -0.134. The van der Waals surface area contributed by atoms with Gasteiger partial charge < -0.3 is 20.1 Å². The molecular formula is C30H34Cl2N4O4. The van der Waals surface area contributed by atoms with Crippen molar-refractivity contribution in [3.8, 4) is 5.75 Å². The Bertz CT molecular complexity index is 1340. The molecule has 3 aromatic rings. The number of amides is 2. The average molecular weight is 586 g/mol. The van der Waals surface area contributed by atoms with Gasteiger partial charge in [-0.2, -0.15) is 0 Å². The van der Waals surface area contributed by atoms with E-state index in [9.17, 15) is 14.7 Å². The number of hydrogen-bond acceptors (Lipinski definition) is 6. The maximum absolute atomic E-state index is 13.4. The number of aliphatic hydroxyl groups is 1. The van der Waals surface area contributed by atoms with Crippen molar-refractivity contribution in [3.05, 3.63) is 87.7 Å². The summed E-state index contributed by atoms with van der Waals surface area (Å²) in [4.78, 5) is 34.0. The lowest BCUT2D eigenvalue weighted by atomic mass is 10.0. The highest BCUT2D eigenvalue weighted by molar-refractivity contribution is 6.42. The third-order valence-corrected chi connectivity index (χ3v) is 7.78. The molecule has 0 bridgehead atoms. The summed E-state index contributed by atoms with van der Waals surface area (Å²) < 4.78 is 6.58. The molecule has 0 radical (unpaired) electrons. The number of aliphatic hydroxyl groups excluding tert-OH is 1. The predicted octanol–water partition coefficient (Wildman–Crippen LogP) is 4.92. The van der Waals surface area contributed by atoms with Crippen LogP contribution in [0.5, 0.6) is 5.75 Å². The van der Waals surface area contributed by atoms with E-state index in [0.29, 0.717) is 52.2 Å². The van der Waals surface area contributed by atoms with E-state index in [1.54, 1.807) is 53.7 Å². The summed E-state index contributed by atoms with van der Waals surface area (Å²) in [5.74, 6) is 0.170. The van der Waals surface area contributed by atoms with Crippen LogP contribution in [0.15, 0.2) is 60.9 Å². The molecule has 3 atom stereocenters. The molecule has 1 aliphatic heterocycles. The molecule has 0 unspecified atom stereocenters. The fraction of sp³-hybridized carbons (Fsp3) is 0.367. The number of aromatic nitrogens is 1. The molecular weight excluding hydrogens is 551 g/mol. The van der Waals surface area contributed by atoms with Gasteiger partial charge in [-0.15, -0.1) is 0 Å². The molecule has 0 saturated carbocycles. The maximum Gasteiger partial charge on any atom is 0.255 e. The number of fused-ring (bicyclic) bond motifs is 1. The van der Waals surface area contributed by atoms with Crippen LogP contribution in [-0.2, 0) is 17.8 Å². The van der Waals surface area contributed by atoms with Gasteiger partial charge in [-0.25, -0.2) is 0 Å². The summed E-state index contributed by atoms with van der Waals surface area (Å²) in [6, 6.07) is 13.9. The van der Waals surface area contributed by atoms with Gasteiger partial charge in [-0.1, -0.05) is 36.2 Å². The first-order valence-electron chi connectivity index (χ1n) is 13.2. The van der Waals surface area contributed by atoms with Gasteiger partial charge in [0.25, 0.3) is 5.91 Å². The zero-order valence-electron chi connectivity index (χ0n) is 22.8. The van der Waals surface area contributed by atoms with Crippen LogP contribution in [0.2, 0.25) is 10.0 Å². The van der Waals surface area contributed by atoms with Gasteiger partial charge in [-0.05, 0) is 62.0 Å². The molecule has 4 rings (SSSR count). The molecule has 1 aliphatic rings. The van der Waals surface area contributed by atoms with E-state index >= 15 is 0 Å². The first kappa shape index (κ1) is 29.8. The molecule has 2 aromatic carbocycles. The molecule has 2 amide bonds. The van der Waals surface area contributed by atoms with Crippen molar-refractivity contribution in [2.45, 2.75) is 39.0 Å². The second kappa shape index (κ2) is 13.5. The second-order valence-electron chi connectivity index (χ2n) is 10.3. The number of nitrogens with one attached hydrogen (secondary N) is 1. The van der Waals surface area contributed by atoms with Crippen molar-refractivity contribution in [3.63, 3.8) is 0 Å². The summed E-state index contributed by atoms with van der Waals surface area (Å²) >= 11 is 12.3. The molecule has 0 saturated heterocycles. The van der Waals surface area contributed by atoms with Crippen LogP contribution in [0.25, 0.3) is 0 Å². The molecule has 8 nitrogen and oxygen atoms in total. The van der Waals surface area contributed by atoms with Gasteiger partial charge in [0.1, 0.15) is 11.9 Å². The molecule has 1 aromatic heterocycles. The van der Waals surface area contributed by atoms with Crippen molar-refractivity contribution >= 4 is 40.7 Å². The summed E-state index contributed by atoms with van der Waals surface area (Å²) in [6.45, 7) is 5.39. The Hall–Kier alpha value is -3.17. The van der Waals surface area contributed by atoms with Crippen LogP contribution in [0.3, 0.4) is 0 Å². The van der Waals surface area contributed by atoms with Gasteiger partial charge in [-0.3, -0.25) is 19.5 Å². The van der Waals surface area contributed by atoms with Gasteiger partial charge in [0.15, 0.2) is 0 Å². The highest BCUT2D eigenvalue weighted by Crippen LogP contribution is 2.30. The number of benzene rings is 2. The largest absolute Gasteiger partial charge is 0.488 e. The van der Waals surface area contributed by atoms with Crippen molar-refractivity contribution < 1.29 is 19.4 Å². The minimum absolute atomic E-state index is 0.0359. The standard InChI is InChI=1S/C30H34Cl2N4O4/c1-19-15-36(20(2)18-37)29(38)14-23-13-24(34-30(39)22-8-10-33-11-9-22)5-7-27(23)40-28(19)17-35(3)16-21-4-6-25(31)26(32)12-21/h4-13,19-20,28,37H,14-18H2,1-3H3,(H,34,39)/t19-,20+,28+/m1/s1. The fourth-order valence-electron chi connectivity index (χ4n) is 4.75. The zero-order chi connectivity index (χ0) is 28.8. The monoisotopic (exact) mass is 584 g/mol. The van der Waals surface area contributed by atoms with Crippen LogP contribution in [0.1, 0.15) is 35.3 Å². The summed E-state index contributed by atoms with van der Waals surface area (Å²) in [5.41, 5.74) is 2.72. The number of carbonyl (C=O) groups is 2. The molecule has 0 aliphatic carbocycles. The van der Waals surface area contributed by atoms with Crippen LogP contribution < -0.4 is 10.1 Å². The normalized spacial score (nSPS) is 18.3. The number of ether oxygens (including phenoxy) is 1. The van der Waals surface area contributed by atoms with E-state index in [1.807, 2.05) is 26.1 Å². The number of likely N-dealkylation sites (N-methyl/N-ethyl adjacent to an activating group) is 1. The van der Waals surface area contributed by atoms with Gasteiger partial charge >= 0.3 is 0 Å². The summed E-state index contributed by atoms with van der Waals surface area (Å²) in [7, 11) is 2.00. The topological polar surface area (TPSA) is 95.0 Å². The Morgan fingerprint density at radius 2 is 1.93 bits per heavy atom. The van der Waals surface area contributed by atoms with Crippen molar-refractivity contribution in [2.75, 3.05) is 32.1 Å². The van der Waals surface area contributed by atoms with Crippen molar-refractivity contribution in [1.82, 2.24) is 14.8 Å². The molecule has 212 valence electrons. The van der Waals surface area contributed by atoms with E-state index in [-0.39, 0.29) is 42.9 Å². The fourth-order valence-corrected chi connectivity index (χ4v) is 5.07. The van der Waals surface area contributed by atoms with Crippen LogP contribution in [0, 0.1) is 5.92 Å². The van der Waals surface area contributed by atoms with E-state index in [0.717, 1.165) is 5.56 Å². The number of pyridine rings is 1. The third kappa shape index (κ3) is 7.52. The van der Waals surface area contributed by atoms with Crippen molar-refractivity contribution in [1.29, 1.82) is 0 Å². The molecule has 40 heavy (non-hydrogen) atoms. The first-order valence-corrected chi connectivity index (χ1v) is 13.9. The third-order valence-electron chi connectivity index (χ3n) is 7.04. The molecule has 10 heteroatoms. The van der Waals surface area contributed by atoms with E-state index in [1.165, 1.54) is 0 Å². The summed E-state index contributed by atoms with van der Waals surface area (Å²) in [5, 5.41) is 13.8. The number of carbonyl (C=O) groups excluding carboxylic acids is 2. The van der Waals surface area contributed by atoms with E-state index in [4.69, 9.17) is 27.9 Å². The number of hydrogen-bond donors (Lipinski definition) is 2. The quantitative estimate of drug-likeness (QED) is 0.390. The Balaban J connectivity index is 1.59. The Kier molecular flexibility index (Phi) is 10.0. The number of rotatable bonds is 8. The van der Waals surface area contributed by atoms with E-state index in [2.05, 4.69) is 22.1 Å². The van der Waals surface area contributed by atoms with Crippen LogP contribution >= 0.6 is 23.2 Å². The van der Waals surface area contributed by atoms with E-state index < -0.39 is 0 Å². The predicted molar refractivity (Wildman–Crippen MR) is 157 cm³/mol. The van der Waals surface area contributed by atoms with Gasteiger partial charge in [0.05, 0.1) is 29.1 Å². The Morgan fingerprint density at radius 1 is 1.18 bits per heavy atom. The minimum atomic E-state index is -0.347. The molecule has 0 fully saturated rings.